The van der Waals surface area contributed by atoms with Crippen molar-refractivity contribution in [3.8, 4) is 0 Å². The molecular formula is C20H25F6N3OS. The monoisotopic (exact) mass is 469 g/mol. The second kappa shape index (κ2) is 11.9. The van der Waals surface area contributed by atoms with Gasteiger partial charge in [0.2, 0.25) is 0 Å². The summed E-state index contributed by atoms with van der Waals surface area (Å²) < 4.78 is 80.6. The number of allylic oxidation sites excluding steroid dienone is 2. The summed E-state index contributed by atoms with van der Waals surface area (Å²) >= 11 is 1.32. The third-order valence-corrected chi connectivity index (χ3v) is 4.80. The number of nitrogens with one attached hydrogen (secondary N) is 2. The summed E-state index contributed by atoms with van der Waals surface area (Å²) in [5.74, 6) is -0.379. The standard InChI is InChI=1S/C18H19F6N3OS.C2H6/c1-11(18(22,23)24)10-12(6-7-17(19,20)21)16(28)26-9-8-25-15-13-4-2-3-5-14(13)29-27-15;1-2/h4-6,10H,2-3,7-9H2,1H3,(H,25,27)(H,26,28);1-2H3/b11-10+,12-6+;. The minimum atomic E-state index is -4.74. The molecule has 1 aromatic heterocycles. The van der Waals surface area contributed by atoms with Crippen LogP contribution in [0.15, 0.2) is 23.3 Å². The maximum atomic E-state index is 12.7. The Morgan fingerprint density at radius 2 is 1.77 bits per heavy atom. The zero-order valence-electron chi connectivity index (χ0n) is 17.4. The average molecular weight is 469 g/mol. The molecule has 0 aliphatic heterocycles. The van der Waals surface area contributed by atoms with Crippen LogP contribution in [-0.4, -0.2) is 35.7 Å². The third kappa shape index (κ3) is 9.16. The number of anilines is 1. The fourth-order valence-electron chi connectivity index (χ4n) is 2.44. The lowest BCUT2D eigenvalue weighted by molar-refractivity contribution is -0.125. The van der Waals surface area contributed by atoms with E-state index in [0.717, 1.165) is 22.6 Å². The maximum Gasteiger partial charge on any atom is 0.412 e. The van der Waals surface area contributed by atoms with Gasteiger partial charge in [-0.15, -0.1) is 0 Å². The minimum Gasteiger partial charge on any atom is -0.367 e. The van der Waals surface area contributed by atoms with Crippen LogP contribution >= 0.6 is 11.5 Å². The highest BCUT2D eigenvalue weighted by Gasteiger charge is 2.31. The van der Waals surface area contributed by atoms with E-state index in [-0.39, 0.29) is 13.1 Å². The molecular weight excluding hydrogens is 444 g/mol. The first kappa shape index (κ1) is 26.7. The summed E-state index contributed by atoms with van der Waals surface area (Å²) in [5.41, 5.74) is -1.86. The lowest BCUT2D eigenvalue weighted by Gasteiger charge is -2.11. The zero-order chi connectivity index (χ0) is 23.7. The Kier molecular flexibility index (Phi) is 10.3. The molecule has 1 amide bonds. The molecule has 31 heavy (non-hydrogen) atoms. The molecule has 11 heteroatoms. The van der Waals surface area contributed by atoms with E-state index in [0.29, 0.717) is 24.9 Å². The molecule has 1 aliphatic carbocycles. The molecule has 0 atom stereocenters. The Morgan fingerprint density at radius 3 is 2.39 bits per heavy atom. The molecule has 1 heterocycles. The smallest absolute Gasteiger partial charge is 0.367 e. The molecule has 2 N–H and O–H groups in total. The molecule has 174 valence electrons. The Morgan fingerprint density at radius 1 is 1.13 bits per heavy atom. The highest BCUT2D eigenvalue weighted by atomic mass is 32.1. The molecule has 4 nitrogen and oxygen atoms in total. The molecule has 0 saturated heterocycles. The Hall–Kier alpha value is -2.30. The summed E-state index contributed by atoms with van der Waals surface area (Å²) in [7, 11) is 0. The number of amides is 1. The molecule has 1 aliphatic rings. The Bertz CT molecular complexity index is 913. The van der Waals surface area contributed by atoms with E-state index >= 15 is 0 Å². The van der Waals surface area contributed by atoms with Crippen molar-refractivity contribution in [1.29, 1.82) is 0 Å². The van der Waals surface area contributed by atoms with Gasteiger partial charge < -0.3 is 10.6 Å². The van der Waals surface area contributed by atoms with Gasteiger partial charge in [-0.1, -0.05) is 32.1 Å². The highest BCUT2D eigenvalue weighted by molar-refractivity contribution is 7.03. The molecule has 0 aromatic carbocycles. The zero-order valence-corrected chi connectivity index (χ0v) is 18.2. The molecule has 0 bridgehead atoms. The van der Waals surface area contributed by atoms with Gasteiger partial charge in [0.15, 0.2) is 0 Å². The van der Waals surface area contributed by atoms with Crippen molar-refractivity contribution in [3.05, 3.63) is 33.0 Å². The van der Waals surface area contributed by atoms with E-state index in [9.17, 15) is 31.1 Å². The molecule has 0 unspecified atom stereocenters. The van der Waals surface area contributed by atoms with Crippen molar-refractivity contribution in [1.82, 2.24) is 9.69 Å². The van der Waals surface area contributed by atoms with Crippen molar-refractivity contribution in [3.63, 3.8) is 0 Å². The number of rotatable bonds is 7. The van der Waals surface area contributed by atoms with Crippen LogP contribution < -0.4 is 20.4 Å². The largest absolute Gasteiger partial charge is 0.412 e. The van der Waals surface area contributed by atoms with Gasteiger partial charge in [-0.2, -0.15) is 30.7 Å². The minimum absolute atomic E-state index is 0.00287. The first-order chi connectivity index (χ1) is 14.5. The fourth-order valence-corrected chi connectivity index (χ4v) is 3.26. The molecule has 0 saturated carbocycles. The molecule has 1 aromatic rings. The molecule has 0 fully saturated rings. The second-order valence-electron chi connectivity index (χ2n) is 6.28. The Balaban J connectivity index is 0.00000233. The predicted octanol–water partition coefficient (Wildman–Crippen LogP) is 4.44. The van der Waals surface area contributed by atoms with Crippen LogP contribution in [0.1, 0.15) is 40.0 Å². The summed E-state index contributed by atoms with van der Waals surface area (Å²) in [6.07, 6.45) is -4.11. The first-order valence-electron chi connectivity index (χ1n) is 9.68. The van der Waals surface area contributed by atoms with E-state index in [1.165, 1.54) is 11.5 Å². The number of aromatic nitrogens is 1. The van der Waals surface area contributed by atoms with E-state index < -0.39 is 35.8 Å². The van der Waals surface area contributed by atoms with Crippen LogP contribution in [0.3, 0.4) is 0 Å². The summed E-state index contributed by atoms with van der Waals surface area (Å²) in [6, 6.07) is 0. The average Bonchev–Trinajstić information content (AvgIpc) is 3.11. The van der Waals surface area contributed by atoms with Crippen LogP contribution in [0.5, 0.6) is 0 Å². The number of hydrogen-bond acceptors (Lipinski definition) is 4. The topological polar surface area (TPSA) is 54.0 Å². The van der Waals surface area contributed by atoms with E-state index in [1.807, 2.05) is 19.9 Å². The van der Waals surface area contributed by atoms with Gasteiger partial charge in [0.1, 0.15) is 5.82 Å². The number of hydrogen-bond donors (Lipinski definition) is 2. The van der Waals surface area contributed by atoms with E-state index in [4.69, 9.17) is 0 Å². The van der Waals surface area contributed by atoms with Crippen molar-refractivity contribution >= 4 is 35.4 Å². The summed E-state index contributed by atoms with van der Waals surface area (Å²) in [5, 5.41) is 6.29. The number of carbonyl (C=O) groups excluding carboxylic acids is 1. The first-order valence-corrected chi connectivity index (χ1v) is 10.5. The number of halogens is 6. The number of carbonyl (C=O) groups is 1. The predicted molar refractivity (Wildman–Crippen MR) is 111 cm³/mol. The molecule has 0 spiro atoms. The van der Waals surface area contributed by atoms with Crippen LogP contribution in [0.25, 0.3) is 12.2 Å². The van der Waals surface area contributed by atoms with Gasteiger partial charge >= 0.3 is 12.4 Å². The van der Waals surface area contributed by atoms with Gasteiger partial charge in [-0.3, -0.25) is 4.79 Å². The normalized spacial score (nSPS) is 14.5. The van der Waals surface area contributed by atoms with E-state index in [2.05, 4.69) is 21.1 Å². The van der Waals surface area contributed by atoms with E-state index in [1.54, 1.807) is 0 Å². The van der Waals surface area contributed by atoms with Gasteiger partial charge in [-0.25, -0.2) is 0 Å². The second-order valence-corrected chi connectivity index (χ2v) is 7.09. The number of nitrogens with zero attached hydrogens (tertiary/aromatic N) is 1. The van der Waals surface area contributed by atoms with Gasteiger partial charge in [-0.05, 0) is 37.4 Å². The fraction of sp³-hybridized carbons (Fsp3) is 0.500. The lowest BCUT2D eigenvalue weighted by Crippen LogP contribution is -2.31. The van der Waals surface area contributed by atoms with Crippen LogP contribution in [0.4, 0.5) is 32.2 Å². The SMILES string of the molecule is C/C(=C\C(=C/CC(F)(F)F)C(=O)NCCNc1nsc2c1=CCCC=2)C(F)(F)F.CC. The maximum absolute atomic E-state index is 12.7. The van der Waals surface area contributed by atoms with Crippen LogP contribution in [0, 0.1) is 0 Å². The summed E-state index contributed by atoms with van der Waals surface area (Å²) in [6.45, 7) is 4.90. The van der Waals surface area contributed by atoms with Crippen LogP contribution in [0.2, 0.25) is 0 Å². The number of fused-ring (bicyclic) bond motifs is 1. The quantitative estimate of drug-likeness (QED) is 0.269. The lowest BCUT2D eigenvalue weighted by atomic mass is 10.1. The van der Waals surface area contributed by atoms with Crippen molar-refractivity contribution < 1.29 is 31.1 Å². The molecule has 0 radical (unpaired) electrons. The highest BCUT2D eigenvalue weighted by Crippen LogP contribution is 2.27. The third-order valence-electron chi connectivity index (χ3n) is 3.94. The van der Waals surface area contributed by atoms with Gasteiger partial charge in [0, 0.05) is 29.5 Å². The van der Waals surface area contributed by atoms with Crippen molar-refractivity contribution in [2.45, 2.75) is 52.4 Å². The van der Waals surface area contributed by atoms with Gasteiger partial charge in [0.25, 0.3) is 5.91 Å². The van der Waals surface area contributed by atoms with Gasteiger partial charge in [0.05, 0.1) is 11.0 Å². The van der Waals surface area contributed by atoms with Crippen LogP contribution in [-0.2, 0) is 4.79 Å². The Labute approximate surface area is 180 Å². The number of alkyl halides is 6. The van der Waals surface area contributed by atoms with Crippen molar-refractivity contribution in [2.75, 3.05) is 18.4 Å². The van der Waals surface area contributed by atoms with Crippen molar-refractivity contribution in [2.24, 2.45) is 0 Å². The summed E-state index contributed by atoms with van der Waals surface area (Å²) in [4.78, 5) is 12.1. The molecule has 2 rings (SSSR count).